The van der Waals surface area contributed by atoms with Gasteiger partial charge in [-0.1, -0.05) is 35.3 Å². The fourth-order valence-electron chi connectivity index (χ4n) is 2.18. The first-order chi connectivity index (χ1) is 11.7. The van der Waals surface area contributed by atoms with Crippen LogP contribution in [0.2, 0.25) is 10.0 Å². The van der Waals surface area contributed by atoms with Gasteiger partial charge in [0.05, 0.1) is 14.9 Å². The molecule has 0 saturated heterocycles. The molecule has 134 valence electrons. The van der Waals surface area contributed by atoms with Crippen molar-refractivity contribution in [3.8, 4) is 0 Å². The smallest absolute Gasteiger partial charge is 0.251 e. The zero-order valence-corrected chi connectivity index (χ0v) is 16.1. The molecule has 0 fully saturated rings. The maximum absolute atomic E-state index is 12.3. The zero-order valence-electron chi connectivity index (χ0n) is 13.8. The Morgan fingerprint density at radius 1 is 1.00 bits per heavy atom. The van der Waals surface area contributed by atoms with E-state index in [0.717, 1.165) is 5.56 Å². The Morgan fingerprint density at radius 2 is 1.72 bits per heavy atom. The molecule has 0 radical (unpaired) electrons. The largest absolute Gasteiger partial charge is 0.351 e. The van der Waals surface area contributed by atoms with Crippen LogP contribution in [0.15, 0.2) is 41.3 Å². The van der Waals surface area contributed by atoms with Crippen molar-refractivity contribution >= 4 is 39.1 Å². The Hall–Kier alpha value is -1.60. The van der Waals surface area contributed by atoms with Crippen LogP contribution in [0, 0.1) is 13.8 Å². The van der Waals surface area contributed by atoms with Gasteiger partial charge in [0.25, 0.3) is 5.91 Å². The van der Waals surface area contributed by atoms with Crippen molar-refractivity contribution in [2.24, 2.45) is 0 Å². The van der Waals surface area contributed by atoms with Gasteiger partial charge < -0.3 is 5.32 Å². The third-order valence-electron chi connectivity index (χ3n) is 3.52. The summed E-state index contributed by atoms with van der Waals surface area (Å²) in [4.78, 5) is 12.3. The Kier molecular flexibility index (Phi) is 6.46. The molecule has 5 nitrogen and oxygen atoms in total. The third kappa shape index (κ3) is 5.19. The first-order valence-electron chi connectivity index (χ1n) is 7.51. The minimum Gasteiger partial charge on any atom is -0.351 e. The van der Waals surface area contributed by atoms with Gasteiger partial charge in [-0.15, -0.1) is 0 Å². The van der Waals surface area contributed by atoms with Crippen molar-refractivity contribution in [3.05, 3.63) is 63.1 Å². The fourth-order valence-corrected chi connectivity index (χ4v) is 3.83. The molecule has 1 amide bonds. The third-order valence-corrected chi connectivity index (χ3v) is 5.86. The molecular weight excluding hydrogens is 383 g/mol. The summed E-state index contributed by atoms with van der Waals surface area (Å²) in [5, 5.41) is 3.27. The van der Waals surface area contributed by atoms with E-state index in [1.807, 2.05) is 13.0 Å². The van der Waals surface area contributed by atoms with E-state index in [1.165, 1.54) is 12.1 Å². The van der Waals surface area contributed by atoms with E-state index in [0.29, 0.717) is 16.1 Å². The SMILES string of the molecule is Cc1ccc(C)c(S(=O)(=O)NCCNC(=O)c2ccc(Cl)c(Cl)c2)c1. The first-order valence-corrected chi connectivity index (χ1v) is 9.75. The standard InChI is InChI=1S/C17H18Cl2N2O3S/c1-11-3-4-12(2)16(9-11)25(23,24)21-8-7-20-17(22)13-5-6-14(18)15(19)10-13/h3-6,9-10,21H,7-8H2,1-2H3,(H,20,22). The number of sulfonamides is 1. The molecule has 8 heteroatoms. The highest BCUT2D eigenvalue weighted by molar-refractivity contribution is 7.89. The molecule has 0 aliphatic rings. The molecule has 0 saturated carbocycles. The van der Waals surface area contributed by atoms with Crippen molar-refractivity contribution in [3.63, 3.8) is 0 Å². The summed E-state index contributed by atoms with van der Waals surface area (Å²) in [7, 11) is -3.63. The summed E-state index contributed by atoms with van der Waals surface area (Å²) in [6.07, 6.45) is 0. The highest BCUT2D eigenvalue weighted by atomic mass is 35.5. The van der Waals surface area contributed by atoms with Crippen LogP contribution < -0.4 is 10.0 Å². The molecule has 0 heterocycles. The molecule has 25 heavy (non-hydrogen) atoms. The summed E-state index contributed by atoms with van der Waals surface area (Å²) in [5.74, 6) is -0.357. The Labute approximate surface area is 157 Å². The molecule has 0 unspecified atom stereocenters. The summed E-state index contributed by atoms with van der Waals surface area (Å²) >= 11 is 11.7. The van der Waals surface area contributed by atoms with Gasteiger partial charge in [0.1, 0.15) is 0 Å². The molecule has 2 rings (SSSR count). The van der Waals surface area contributed by atoms with Gasteiger partial charge in [-0.25, -0.2) is 13.1 Å². The van der Waals surface area contributed by atoms with Crippen LogP contribution in [0.5, 0.6) is 0 Å². The number of hydrogen-bond acceptors (Lipinski definition) is 3. The quantitative estimate of drug-likeness (QED) is 0.730. The van der Waals surface area contributed by atoms with E-state index < -0.39 is 10.0 Å². The monoisotopic (exact) mass is 400 g/mol. The van der Waals surface area contributed by atoms with Crippen LogP contribution in [-0.2, 0) is 10.0 Å². The molecule has 0 spiro atoms. The lowest BCUT2D eigenvalue weighted by Crippen LogP contribution is -2.35. The molecule has 2 aromatic carbocycles. The topological polar surface area (TPSA) is 75.3 Å². The van der Waals surface area contributed by atoms with E-state index in [4.69, 9.17) is 23.2 Å². The summed E-state index contributed by atoms with van der Waals surface area (Å²) in [6.45, 7) is 3.78. The van der Waals surface area contributed by atoms with Crippen LogP contribution in [0.4, 0.5) is 0 Å². The minimum atomic E-state index is -3.63. The van der Waals surface area contributed by atoms with Gasteiger partial charge in [-0.05, 0) is 49.2 Å². The zero-order chi connectivity index (χ0) is 18.6. The molecule has 2 N–H and O–H groups in total. The van der Waals surface area contributed by atoms with Crippen molar-refractivity contribution in [1.82, 2.24) is 10.0 Å². The summed E-state index contributed by atoms with van der Waals surface area (Å²) < 4.78 is 27.2. The second kappa shape index (κ2) is 8.19. The normalized spacial score (nSPS) is 11.4. The van der Waals surface area contributed by atoms with Gasteiger partial charge in [0, 0.05) is 18.7 Å². The average molecular weight is 401 g/mol. The molecule has 0 bridgehead atoms. The molecule has 0 atom stereocenters. The number of aryl methyl sites for hydroxylation is 2. The fraction of sp³-hybridized carbons (Fsp3) is 0.235. The Balaban J connectivity index is 1.92. The second-order valence-corrected chi connectivity index (χ2v) is 8.10. The summed E-state index contributed by atoms with van der Waals surface area (Å²) in [5.41, 5.74) is 1.88. The van der Waals surface area contributed by atoms with Crippen LogP contribution in [0.25, 0.3) is 0 Å². The average Bonchev–Trinajstić information content (AvgIpc) is 2.56. The van der Waals surface area contributed by atoms with E-state index in [1.54, 1.807) is 25.1 Å². The van der Waals surface area contributed by atoms with Crippen molar-refractivity contribution in [1.29, 1.82) is 0 Å². The highest BCUT2D eigenvalue weighted by Gasteiger charge is 2.16. The minimum absolute atomic E-state index is 0.0722. The predicted molar refractivity (Wildman–Crippen MR) is 99.9 cm³/mol. The van der Waals surface area contributed by atoms with Gasteiger partial charge in [-0.3, -0.25) is 4.79 Å². The van der Waals surface area contributed by atoms with Crippen LogP contribution in [0.1, 0.15) is 21.5 Å². The second-order valence-electron chi connectivity index (χ2n) is 5.55. The highest BCUT2D eigenvalue weighted by Crippen LogP contribution is 2.22. The number of hydrogen-bond donors (Lipinski definition) is 2. The number of amides is 1. The van der Waals surface area contributed by atoms with E-state index in [9.17, 15) is 13.2 Å². The maximum atomic E-state index is 12.3. The Bertz CT molecular complexity index is 899. The summed E-state index contributed by atoms with van der Waals surface area (Å²) in [6, 6.07) is 9.76. The van der Waals surface area contributed by atoms with Crippen LogP contribution >= 0.6 is 23.2 Å². The maximum Gasteiger partial charge on any atom is 0.251 e. The van der Waals surface area contributed by atoms with Crippen LogP contribution in [-0.4, -0.2) is 27.4 Å². The lowest BCUT2D eigenvalue weighted by Gasteiger charge is -2.11. The van der Waals surface area contributed by atoms with Gasteiger partial charge >= 0.3 is 0 Å². The van der Waals surface area contributed by atoms with Gasteiger partial charge in [0.2, 0.25) is 10.0 Å². The van der Waals surface area contributed by atoms with E-state index in [-0.39, 0.29) is 28.9 Å². The van der Waals surface area contributed by atoms with E-state index >= 15 is 0 Å². The lowest BCUT2D eigenvalue weighted by atomic mass is 10.2. The number of carbonyl (C=O) groups is 1. The number of benzene rings is 2. The molecule has 0 aromatic heterocycles. The van der Waals surface area contributed by atoms with Gasteiger partial charge in [0.15, 0.2) is 0 Å². The number of halogens is 2. The van der Waals surface area contributed by atoms with Crippen LogP contribution in [0.3, 0.4) is 0 Å². The number of rotatable bonds is 6. The first kappa shape index (κ1) is 19.7. The number of nitrogens with one attached hydrogen (secondary N) is 2. The molecule has 0 aliphatic carbocycles. The Morgan fingerprint density at radius 3 is 2.40 bits per heavy atom. The van der Waals surface area contributed by atoms with Crippen molar-refractivity contribution < 1.29 is 13.2 Å². The molecular formula is C17H18Cl2N2O3S. The van der Waals surface area contributed by atoms with E-state index in [2.05, 4.69) is 10.0 Å². The van der Waals surface area contributed by atoms with Gasteiger partial charge in [-0.2, -0.15) is 0 Å². The number of carbonyl (C=O) groups excluding carboxylic acids is 1. The predicted octanol–water partition coefficient (Wildman–Crippen LogP) is 3.32. The molecule has 2 aromatic rings. The van der Waals surface area contributed by atoms with Crippen molar-refractivity contribution in [2.45, 2.75) is 18.7 Å². The molecule has 0 aliphatic heterocycles. The van der Waals surface area contributed by atoms with Crippen molar-refractivity contribution in [2.75, 3.05) is 13.1 Å². The lowest BCUT2D eigenvalue weighted by molar-refractivity contribution is 0.0954.